The van der Waals surface area contributed by atoms with Crippen LogP contribution < -0.4 is 5.56 Å². The number of hydrogen-bond acceptors (Lipinski definition) is 2. The molecule has 2 aromatic carbocycles. The van der Waals surface area contributed by atoms with Crippen LogP contribution in [0.1, 0.15) is 6.92 Å². The number of H-pyrrole nitrogens is 1. The summed E-state index contributed by atoms with van der Waals surface area (Å²) in [5, 5.41) is 2.85. The quantitative estimate of drug-likeness (QED) is 0.536. The number of benzene rings is 2. The van der Waals surface area contributed by atoms with Crippen molar-refractivity contribution >= 4 is 33.9 Å². The fraction of sp³-hybridized carbons (Fsp3) is 0.143. The summed E-state index contributed by atoms with van der Waals surface area (Å²) in [6.07, 6.45) is 0. The average molecular weight is 256 g/mol. The van der Waals surface area contributed by atoms with E-state index in [2.05, 4.69) is 4.98 Å². The largest absolute Gasteiger partial charge is 0.332 e. The predicted octanol–water partition coefficient (Wildman–Crippen LogP) is 3.23. The molecule has 1 heterocycles. The molecule has 4 heteroatoms. The predicted molar refractivity (Wildman–Crippen MR) is 76.6 cm³/mol. The SMILES string of the molecule is CCn1c(=S)[nH]c2cc3ccccc3cc2c1=O. The molecule has 0 aliphatic rings. The summed E-state index contributed by atoms with van der Waals surface area (Å²) in [4.78, 5) is 15.4. The third-order valence-corrected chi connectivity index (χ3v) is 3.49. The van der Waals surface area contributed by atoms with Gasteiger partial charge in [-0.25, -0.2) is 0 Å². The molecule has 90 valence electrons. The molecule has 1 aromatic heterocycles. The molecule has 0 amide bonds. The molecule has 3 rings (SSSR count). The van der Waals surface area contributed by atoms with Crippen LogP contribution in [0.5, 0.6) is 0 Å². The first-order chi connectivity index (χ1) is 8.70. The second kappa shape index (κ2) is 4.07. The van der Waals surface area contributed by atoms with Crippen molar-refractivity contribution in [2.24, 2.45) is 0 Å². The lowest BCUT2D eigenvalue weighted by molar-refractivity contribution is 0.705. The Kier molecular flexibility index (Phi) is 2.52. The summed E-state index contributed by atoms with van der Waals surface area (Å²) in [7, 11) is 0. The van der Waals surface area contributed by atoms with E-state index >= 15 is 0 Å². The first-order valence-corrected chi connectivity index (χ1v) is 6.27. The molecule has 0 bridgehead atoms. The van der Waals surface area contributed by atoms with Crippen LogP contribution in [-0.4, -0.2) is 9.55 Å². The van der Waals surface area contributed by atoms with Crippen LogP contribution >= 0.6 is 12.2 Å². The van der Waals surface area contributed by atoms with Crippen molar-refractivity contribution in [3.05, 3.63) is 51.5 Å². The van der Waals surface area contributed by atoms with Crippen molar-refractivity contribution in [1.82, 2.24) is 9.55 Å². The molecule has 3 nitrogen and oxygen atoms in total. The Morgan fingerprint density at radius 2 is 1.89 bits per heavy atom. The molecule has 0 fully saturated rings. The van der Waals surface area contributed by atoms with Crippen molar-refractivity contribution in [3.8, 4) is 0 Å². The van der Waals surface area contributed by atoms with E-state index < -0.39 is 0 Å². The molecule has 0 saturated heterocycles. The van der Waals surface area contributed by atoms with Crippen molar-refractivity contribution in [2.75, 3.05) is 0 Å². The highest BCUT2D eigenvalue weighted by Crippen LogP contribution is 2.19. The Balaban J connectivity index is 2.55. The monoisotopic (exact) mass is 256 g/mol. The van der Waals surface area contributed by atoms with Gasteiger partial charge in [0.2, 0.25) is 0 Å². The van der Waals surface area contributed by atoms with E-state index in [1.165, 1.54) is 0 Å². The van der Waals surface area contributed by atoms with E-state index in [4.69, 9.17) is 12.2 Å². The van der Waals surface area contributed by atoms with Gasteiger partial charge in [-0.15, -0.1) is 0 Å². The van der Waals surface area contributed by atoms with Gasteiger partial charge in [0.1, 0.15) is 0 Å². The minimum atomic E-state index is -0.0259. The lowest BCUT2D eigenvalue weighted by Gasteiger charge is -2.06. The van der Waals surface area contributed by atoms with Crippen LogP contribution in [0.4, 0.5) is 0 Å². The van der Waals surface area contributed by atoms with Gasteiger partial charge >= 0.3 is 0 Å². The summed E-state index contributed by atoms with van der Waals surface area (Å²) in [5.41, 5.74) is 0.774. The summed E-state index contributed by atoms with van der Waals surface area (Å²) in [6.45, 7) is 2.49. The highest BCUT2D eigenvalue weighted by molar-refractivity contribution is 7.71. The fourth-order valence-electron chi connectivity index (χ4n) is 2.23. The summed E-state index contributed by atoms with van der Waals surface area (Å²) in [6, 6.07) is 11.9. The summed E-state index contributed by atoms with van der Waals surface area (Å²) in [5.74, 6) is 0. The van der Waals surface area contributed by atoms with Crippen LogP contribution in [0.15, 0.2) is 41.2 Å². The number of nitrogens with one attached hydrogen (secondary N) is 1. The van der Waals surface area contributed by atoms with Crippen LogP contribution in [0.2, 0.25) is 0 Å². The van der Waals surface area contributed by atoms with Gasteiger partial charge in [-0.3, -0.25) is 9.36 Å². The third kappa shape index (κ3) is 1.57. The van der Waals surface area contributed by atoms with Crippen LogP contribution in [0, 0.1) is 4.77 Å². The van der Waals surface area contributed by atoms with E-state index in [0.717, 1.165) is 16.3 Å². The first kappa shape index (κ1) is 11.2. The Labute approximate surface area is 109 Å². The fourth-order valence-corrected chi connectivity index (χ4v) is 2.55. The van der Waals surface area contributed by atoms with E-state index in [1.54, 1.807) is 4.57 Å². The molecule has 0 unspecified atom stereocenters. The molecule has 1 N–H and O–H groups in total. The average Bonchev–Trinajstić information content (AvgIpc) is 2.37. The van der Waals surface area contributed by atoms with Gasteiger partial charge in [-0.2, -0.15) is 0 Å². The van der Waals surface area contributed by atoms with E-state index in [-0.39, 0.29) is 5.56 Å². The normalized spacial score (nSPS) is 11.2. The standard InChI is InChI=1S/C14H12N2OS/c1-2-16-13(17)11-7-9-5-3-4-6-10(9)8-12(11)15-14(16)18/h3-8H,2H2,1H3,(H,15,18). The Bertz CT molecular complexity index is 861. The number of fused-ring (bicyclic) bond motifs is 2. The third-order valence-electron chi connectivity index (χ3n) is 3.16. The van der Waals surface area contributed by atoms with Gasteiger partial charge in [-0.05, 0) is 42.0 Å². The lowest BCUT2D eigenvalue weighted by atomic mass is 10.1. The number of aromatic amines is 1. The van der Waals surface area contributed by atoms with Gasteiger partial charge in [0, 0.05) is 6.54 Å². The molecule has 18 heavy (non-hydrogen) atoms. The number of aromatic nitrogens is 2. The first-order valence-electron chi connectivity index (χ1n) is 5.86. The number of rotatable bonds is 1. The van der Waals surface area contributed by atoms with Crippen LogP contribution in [0.3, 0.4) is 0 Å². The maximum atomic E-state index is 12.3. The highest BCUT2D eigenvalue weighted by Gasteiger charge is 2.05. The minimum absolute atomic E-state index is 0.0259. The summed E-state index contributed by atoms with van der Waals surface area (Å²) >= 11 is 5.20. The second-order valence-electron chi connectivity index (χ2n) is 4.22. The van der Waals surface area contributed by atoms with Gasteiger partial charge in [-0.1, -0.05) is 24.3 Å². The van der Waals surface area contributed by atoms with Gasteiger partial charge < -0.3 is 4.98 Å². The summed E-state index contributed by atoms with van der Waals surface area (Å²) < 4.78 is 2.05. The van der Waals surface area contributed by atoms with Gasteiger partial charge in [0.15, 0.2) is 4.77 Å². The topological polar surface area (TPSA) is 37.8 Å². The Hall–Kier alpha value is -1.94. The van der Waals surface area contributed by atoms with Crippen molar-refractivity contribution in [2.45, 2.75) is 13.5 Å². The van der Waals surface area contributed by atoms with E-state index in [9.17, 15) is 4.79 Å². The van der Waals surface area contributed by atoms with Crippen LogP contribution in [0.25, 0.3) is 21.7 Å². The van der Waals surface area contributed by atoms with Crippen molar-refractivity contribution < 1.29 is 0 Å². The van der Waals surface area contributed by atoms with Gasteiger partial charge in [0.25, 0.3) is 5.56 Å². The molecule has 0 radical (unpaired) electrons. The van der Waals surface area contributed by atoms with Crippen molar-refractivity contribution in [1.29, 1.82) is 0 Å². The van der Waals surface area contributed by atoms with Crippen LogP contribution in [-0.2, 0) is 6.54 Å². The molecule has 3 aromatic rings. The zero-order chi connectivity index (χ0) is 12.7. The minimum Gasteiger partial charge on any atom is -0.332 e. The molecule has 0 aliphatic heterocycles. The number of nitrogens with zero attached hydrogens (tertiary/aromatic N) is 1. The molecular weight excluding hydrogens is 244 g/mol. The Morgan fingerprint density at radius 1 is 1.22 bits per heavy atom. The van der Waals surface area contributed by atoms with Crippen molar-refractivity contribution in [3.63, 3.8) is 0 Å². The van der Waals surface area contributed by atoms with Gasteiger partial charge in [0.05, 0.1) is 10.9 Å². The smallest absolute Gasteiger partial charge is 0.262 e. The molecular formula is C14H12N2OS. The zero-order valence-electron chi connectivity index (χ0n) is 9.93. The van der Waals surface area contributed by atoms with E-state index in [0.29, 0.717) is 16.7 Å². The maximum absolute atomic E-state index is 12.3. The molecule has 0 atom stereocenters. The number of hydrogen-bond donors (Lipinski definition) is 1. The molecule has 0 spiro atoms. The highest BCUT2D eigenvalue weighted by atomic mass is 32.1. The van der Waals surface area contributed by atoms with E-state index in [1.807, 2.05) is 43.3 Å². The maximum Gasteiger partial charge on any atom is 0.262 e. The second-order valence-corrected chi connectivity index (χ2v) is 4.61. The lowest BCUT2D eigenvalue weighted by Crippen LogP contribution is -2.21. The molecule has 0 saturated carbocycles. The molecule has 0 aliphatic carbocycles. The Morgan fingerprint density at radius 3 is 2.56 bits per heavy atom. The zero-order valence-corrected chi connectivity index (χ0v) is 10.8.